The monoisotopic (exact) mass is 393 g/mol. The van der Waals surface area contributed by atoms with Gasteiger partial charge < -0.3 is 5.32 Å². The van der Waals surface area contributed by atoms with Crippen molar-refractivity contribution >= 4 is 39.1 Å². The molecule has 1 aliphatic heterocycles. The number of hydrogen-bond acceptors (Lipinski definition) is 5. The van der Waals surface area contributed by atoms with Gasteiger partial charge in [0.1, 0.15) is 0 Å². The standard InChI is InChI=1S/C17H16ClN3O4S/c18-12-2-1-3-13(8-12)21-16(22)9-15(17(21)23)20-10-11-4-6-14(7-5-11)26(19,24)25/h1-8,15,20H,9-10H2,(H2,19,24,25)/t15-/m1/s1. The molecule has 7 nitrogen and oxygen atoms in total. The number of benzene rings is 2. The molecule has 1 atom stereocenters. The van der Waals surface area contributed by atoms with Crippen molar-refractivity contribution in [3.8, 4) is 0 Å². The van der Waals surface area contributed by atoms with Crippen LogP contribution in [0.4, 0.5) is 5.69 Å². The average Bonchev–Trinajstić information content (AvgIpc) is 2.86. The van der Waals surface area contributed by atoms with Crippen molar-refractivity contribution in [2.45, 2.75) is 23.9 Å². The van der Waals surface area contributed by atoms with Crippen LogP contribution in [0.25, 0.3) is 0 Å². The van der Waals surface area contributed by atoms with Gasteiger partial charge in [-0.1, -0.05) is 29.8 Å². The summed E-state index contributed by atoms with van der Waals surface area (Å²) in [6, 6.07) is 11.9. The zero-order valence-electron chi connectivity index (χ0n) is 13.6. The van der Waals surface area contributed by atoms with E-state index >= 15 is 0 Å². The van der Waals surface area contributed by atoms with Crippen LogP contribution in [0, 0.1) is 0 Å². The first-order chi connectivity index (χ1) is 12.3. The molecular formula is C17H16ClN3O4S. The topological polar surface area (TPSA) is 110 Å². The Morgan fingerprint density at radius 3 is 2.46 bits per heavy atom. The van der Waals surface area contributed by atoms with Crippen molar-refractivity contribution in [3.05, 3.63) is 59.1 Å². The summed E-state index contributed by atoms with van der Waals surface area (Å²) >= 11 is 5.92. The quantitative estimate of drug-likeness (QED) is 0.746. The first-order valence-corrected chi connectivity index (χ1v) is 9.65. The molecule has 0 aromatic heterocycles. The number of carbonyl (C=O) groups excluding carboxylic acids is 2. The molecule has 3 N–H and O–H groups in total. The van der Waals surface area contributed by atoms with Gasteiger partial charge in [-0.05, 0) is 35.9 Å². The van der Waals surface area contributed by atoms with Crippen molar-refractivity contribution in [2.75, 3.05) is 4.90 Å². The first kappa shape index (κ1) is 18.5. The molecule has 0 spiro atoms. The summed E-state index contributed by atoms with van der Waals surface area (Å²) in [5.74, 6) is -0.655. The van der Waals surface area contributed by atoms with Crippen LogP contribution in [0.3, 0.4) is 0 Å². The third-order valence-electron chi connectivity index (χ3n) is 4.02. The normalized spacial score (nSPS) is 17.8. The van der Waals surface area contributed by atoms with Crippen LogP contribution in [0.2, 0.25) is 5.02 Å². The van der Waals surface area contributed by atoms with Crippen molar-refractivity contribution in [3.63, 3.8) is 0 Å². The Hall–Kier alpha value is -2.26. The summed E-state index contributed by atoms with van der Waals surface area (Å²) in [6.07, 6.45) is 0.0423. The van der Waals surface area contributed by atoms with Crippen LogP contribution in [0.15, 0.2) is 53.4 Å². The molecule has 1 saturated heterocycles. The third-order valence-corrected chi connectivity index (χ3v) is 5.18. The van der Waals surface area contributed by atoms with Crippen molar-refractivity contribution < 1.29 is 18.0 Å². The predicted octanol–water partition coefficient (Wildman–Crippen LogP) is 1.41. The molecule has 9 heteroatoms. The van der Waals surface area contributed by atoms with Gasteiger partial charge in [-0.2, -0.15) is 0 Å². The SMILES string of the molecule is NS(=O)(=O)c1ccc(CN[C@@H]2CC(=O)N(c3cccc(Cl)c3)C2=O)cc1. The predicted molar refractivity (Wildman–Crippen MR) is 97.0 cm³/mol. The maximum Gasteiger partial charge on any atom is 0.251 e. The molecule has 0 saturated carbocycles. The number of anilines is 1. The summed E-state index contributed by atoms with van der Waals surface area (Å²) in [5.41, 5.74) is 1.20. The lowest BCUT2D eigenvalue weighted by molar-refractivity contribution is -0.121. The zero-order chi connectivity index (χ0) is 18.9. The number of hydrogen-bond donors (Lipinski definition) is 2. The minimum absolute atomic E-state index is 0.0144. The summed E-state index contributed by atoms with van der Waals surface area (Å²) < 4.78 is 22.5. The Kier molecular flexibility index (Phi) is 5.10. The number of rotatable bonds is 5. The summed E-state index contributed by atoms with van der Waals surface area (Å²) in [6.45, 7) is 0.304. The van der Waals surface area contributed by atoms with Crippen molar-refractivity contribution in [1.29, 1.82) is 0 Å². The Morgan fingerprint density at radius 2 is 1.85 bits per heavy atom. The van der Waals surface area contributed by atoms with Gasteiger partial charge in [0.15, 0.2) is 0 Å². The largest absolute Gasteiger partial charge is 0.301 e. The second-order valence-corrected chi connectivity index (χ2v) is 7.87. The van der Waals surface area contributed by atoms with Crippen LogP contribution in [0.1, 0.15) is 12.0 Å². The summed E-state index contributed by atoms with van der Waals surface area (Å²) in [7, 11) is -3.74. The highest BCUT2D eigenvalue weighted by Crippen LogP contribution is 2.25. The van der Waals surface area contributed by atoms with Gasteiger partial charge in [-0.25, -0.2) is 18.5 Å². The van der Waals surface area contributed by atoms with Gasteiger partial charge in [-0.15, -0.1) is 0 Å². The van der Waals surface area contributed by atoms with E-state index in [1.165, 1.54) is 12.1 Å². The highest BCUT2D eigenvalue weighted by molar-refractivity contribution is 7.89. The molecule has 0 radical (unpaired) electrons. The molecule has 1 aliphatic rings. The van der Waals surface area contributed by atoms with Gasteiger partial charge >= 0.3 is 0 Å². The van der Waals surface area contributed by atoms with Crippen molar-refractivity contribution in [2.24, 2.45) is 5.14 Å². The number of nitrogens with one attached hydrogen (secondary N) is 1. The minimum atomic E-state index is -3.74. The first-order valence-electron chi connectivity index (χ1n) is 7.73. The van der Waals surface area contributed by atoms with Crippen molar-refractivity contribution in [1.82, 2.24) is 5.32 Å². The van der Waals surface area contributed by atoms with E-state index in [-0.39, 0.29) is 23.1 Å². The van der Waals surface area contributed by atoms with E-state index in [2.05, 4.69) is 5.32 Å². The molecule has 2 aromatic carbocycles. The molecule has 3 rings (SSSR count). The summed E-state index contributed by atoms with van der Waals surface area (Å²) in [5, 5.41) is 8.52. The van der Waals surface area contributed by atoms with Gasteiger partial charge in [0.2, 0.25) is 15.9 Å². The van der Waals surface area contributed by atoms with E-state index in [0.717, 1.165) is 10.5 Å². The zero-order valence-corrected chi connectivity index (χ0v) is 15.1. The molecule has 26 heavy (non-hydrogen) atoms. The molecule has 2 amide bonds. The van der Waals surface area contributed by atoms with E-state index in [4.69, 9.17) is 16.7 Å². The lowest BCUT2D eigenvalue weighted by Gasteiger charge is -2.16. The lowest BCUT2D eigenvalue weighted by atomic mass is 10.2. The van der Waals surface area contributed by atoms with Gasteiger partial charge in [0.25, 0.3) is 5.91 Å². The van der Waals surface area contributed by atoms with Crippen LogP contribution in [-0.2, 0) is 26.2 Å². The van der Waals surface area contributed by atoms with Crippen LogP contribution < -0.4 is 15.4 Å². The Morgan fingerprint density at radius 1 is 1.15 bits per heavy atom. The Bertz CT molecular complexity index is 960. The molecule has 0 unspecified atom stereocenters. The fourth-order valence-electron chi connectivity index (χ4n) is 2.72. The van der Waals surface area contributed by atoms with Crippen LogP contribution >= 0.6 is 11.6 Å². The minimum Gasteiger partial charge on any atom is -0.301 e. The van der Waals surface area contributed by atoms with Gasteiger partial charge in [0.05, 0.1) is 23.0 Å². The number of nitrogens with two attached hydrogens (primary N) is 1. The third kappa shape index (κ3) is 3.94. The molecule has 0 aliphatic carbocycles. The number of nitrogens with zero attached hydrogens (tertiary/aromatic N) is 1. The number of halogens is 1. The second-order valence-electron chi connectivity index (χ2n) is 5.87. The van der Waals surface area contributed by atoms with Crippen LogP contribution in [-0.4, -0.2) is 26.3 Å². The highest BCUT2D eigenvalue weighted by atomic mass is 35.5. The fourth-order valence-corrected chi connectivity index (χ4v) is 3.42. The van der Waals surface area contributed by atoms with Crippen LogP contribution in [0.5, 0.6) is 0 Å². The fraction of sp³-hybridized carbons (Fsp3) is 0.176. The second kappa shape index (κ2) is 7.16. The molecule has 0 bridgehead atoms. The number of carbonyl (C=O) groups is 2. The maximum absolute atomic E-state index is 12.5. The smallest absolute Gasteiger partial charge is 0.251 e. The number of imide groups is 1. The number of amides is 2. The maximum atomic E-state index is 12.5. The Balaban J connectivity index is 1.68. The average molecular weight is 394 g/mol. The Labute approximate surface area is 155 Å². The molecule has 136 valence electrons. The molecular weight excluding hydrogens is 378 g/mol. The van der Waals surface area contributed by atoms with E-state index in [1.807, 2.05) is 0 Å². The van der Waals surface area contributed by atoms with Gasteiger partial charge in [-0.3, -0.25) is 9.59 Å². The van der Waals surface area contributed by atoms with E-state index in [1.54, 1.807) is 36.4 Å². The lowest BCUT2D eigenvalue weighted by Crippen LogP contribution is -2.38. The van der Waals surface area contributed by atoms with E-state index in [9.17, 15) is 18.0 Å². The summed E-state index contributed by atoms with van der Waals surface area (Å²) in [4.78, 5) is 25.9. The molecule has 1 heterocycles. The highest BCUT2D eigenvalue weighted by Gasteiger charge is 2.39. The van der Waals surface area contributed by atoms with E-state index in [0.29, 0.717) is 17.3 Å². The number of sulfonamides is 1. The molecule has 1 fully saturated rings. The van der Waals surface area contributed by atoms with E-state index < -0.39 is 16.1 Å². The van der Waals surface area contributed by atoms with Gasteiger partial charge in [0, 0.05) is 11.6 Å². The molecule has 2 aromatic rings. The number of primary sulfonamides is 1.